The number of para-hydroxylation sites is 1. The molecule has 0 aliphatic carbocycles. The number of hydrogen-bond acceptors (Lipinski definition) is 4. The Labute approximate surface area is 155 Å². The van der Waals surface area contributed by atoms with Gasteiger partial charge in [0.2, 0.25) is 5.88 Å². The molecule has 0 spiro atoms. The van der Waals surface area contributed by atoms with E-state index in [0.29, 0.717) is 11.3 Å². The summed E-state index contributed by atoms with van der Waals surface area (Å²) in [6, 6.07) is 14.2. The van der Waals surface area contributed by atoms with Crippen LogP contribution < -0.4 is 11.2 Å². The molecule has 0 unspecified atom stereocenters. The third-order valence-electron chi connectivity index (χ3n) is 4.05. The van der Waals surface area contributed by atoms with Gasteiger partial charge in [0.25, 0.3) is 5.56 Å². The molecular formula is C19H12BrN3O3. The summed E-state index contributed by atoms with van der Waals surface area (Å²) in [5.74, 6) is -0.422. The van der Waals surface area contributed by atoms with Crippen molar-refractivity contribution < 1.29 is 5.11 Å². The van der Waals surface area contributed by atoms with Crippen LogP contribution in [0.4, 0.5) is 5.69 Å². The number of rotatable bonds is 2. The van der Waals surface area contributed by atoms with Crippen molar-refractivity contribution in [1.82, 2.24) is 9.55 Å². The zero-order chi connectivity index (χ0) is 18.3. The van der Waals surface area contributed by atoms with Crippen LogP contribution in [0.25, 0.3) is 17.3 Å². The van der Waals surface area contributed by atoms with Crippen molar-refractivity contribution in [3.63, 3.8) is 0 Å². The number of aromatic hydroxyl groups is 1. The van der Waals surface area contributed by atoms with Gasteiger partial charge in [-0.3, -0.25) is 14.8 Å². The molecule has 0 saturated carbocycles. The Hall–Kier alpha value is -3.19. The van der Waals surface area contributed by atoms with Gasteiger partial charge in [-0.25, -0.2) is 9.36 Å². The van der Waals surface area contributed by atoms with Gasteiger partial charge in [-0.15, -0.1) is 0 Å². The van der Waals surface area contributed by atoms with Gasteiger partial charge < -0.3 is 5.11 Å². The van der Waals surface area contributed by atoms with E-state index >= 15 is 0 Å². The highest BCUT2D eigenvalue weighted by molar-refractivity contribution is 9.10. The number of aromatic amines is 1. The molecule has 0 saturated heterocycles. The first-order chi connectivity index (χ1) is 12.5. The maximum Gasteiger partial charge on any atom is 0.335 e. The van der Waals surface area contributed by atoms with Crippen LogP contribution in [-0.2, 0) is 0 Å². The summed E-state index contributed by atoms with van der Waals surface area (Å²) in [7, 11) is 0. The molecule has 0 fully saturated rings. The lowest BCUT2D eigenvalue weighted by Crippen LogP contribution is -2.30. The SMILES string of the molecule is O=c1[nH]c(=O)n(-c2ccccc2)c(O)c1C=C1C=Nc2ccc(Br)cc21. The average Bonchev–Trinajstić information content (AvgIpc) is 3.01. The highest BCUT2D eigenvalue weighted by Gasteiger charge is 2.17. The highest BCUT2D eigenvalue weighted by atomic mass is 79.9. The molecule has 1 aliphatic heterocycles. The molecular weight excluding hydrogens is 398 g/mol. The van der Waals surface area contributed by atoms with Gasteiger partial charge in [0.1, 0.15) is 5.56 Å². The fraction of sp³-hybridized carbons (Fsp3) is 0. The zero-order valence-corrected chi connectivity index (χ0v) is 14.9. The minimum atomic E-state index is -0.705. The number of allylic oxidation sites excluding steroid dienone is 1. The van der Waals surface area contributed by atoms with Crippen LogP contribution in [0.15, 0.2) is 67.6 Å². The lowest BCUT2D eigenvalue weighted by atomic mass is 10.1. The number of nitrogens with one attached hydrogen (secondary N) is 1. The largest absolute Gasteiger partial charge is 0.494 e. The molecule has 0 atom stereocenters. The van der Waals surface area contributed by atoms with Gasteiger partial charge in [-0.2, -0.15) is 0 Å². The van der Waals surface area contributed by atoms with Crippen LogP contribution in [0.5, 0.6) is 5.88 Å². The first-order valence-corrected chi connectivity index (χ1v) is 8.53. The number of fused-ring (bicyclic) bond motifs is 1. The summed E-state index contributed by atoms with van der Waals surface area (Å²) in [5.41, 5.74) is 1.34. The summed E-state index contributed by atoms with van der Waals surface area (Å²) >= 11 is 3.41. The van der Waals surface area contributed by atoms with Crippen LogP contribution >= 0.6 is 15.9 Å². The van der Waals surface area contributed by atoms with E-state index in [4.69, 9.17) is 0 Å². The number of benzene rings is 2. The Balaban J connectivity index is 1.93. The van der Waals surface area contributed by atoms with E-state index in [0.717, 1.165) is 20.3 Å². The highest BCUT2D eigenvalue weighted by Crippen LogP contribution is 2.35. The normalized spacial score (nSPS) is 14.0. The molecule has 2 aromatic carbocycles. The molecule has 128 valence electrons. The molecule has 4 rings (SSSR count). The Morgan fingerprint density at radius 2 is 1.88 bits per heavy atom. The zero-order valence-electron chi connectivity index (χ0n) is 13.3. The number of H-pyrrole nitrogens is 1. The van der Waals surface area contributed by atoms with Gasteiger partial charge in [0.05, 0.1) is 11.4 Å². The van der Waals surface area contributed by atoms with Crippen molar-refractivity contribution in [2.75, 3.05) is 0 Å². The molecule has 3 aromatic rings. The summed E-state index contributed by atoms with van der Waals surface area (Å²) in [6.07, 6.45) is 3.14. The van der Waals surface area contributed by atoms with Crippen LogP contribution in [-0.4, -0.2) is 20.9 Å². The van der Waals surface area contributed by atoms with Gasteiger partial charge in [-0.05, 0) is 36.4 Å². The summed E-state index contributed by atoms with van der Waals surface area (Å²) in [6.45, 7) is 0. The first kappa shape index (κ1) is 16.3. The van der Waals surface area contributed by atoms with Crippen molar-refractivity contribution in [3.05, 3.63) is 85.0 Å². The number of nitrogens with zero attached hydrogens (tertiary/aromatic N) is 2. The minimum Gasteiger partial charge on any atom is -0.494 e. The van der Waals surface area contributed by atoms with E-state index in [-0.39, 0.29) is 5.56 Å². The van der Waals surface area contributed by atoms with Crippen LogP contribution in [0.2, 0.25) is 0 Å². The maximum absolute atomic E-state index is 12.3. The van der Waals surface area contributed by atoms with E-state index in [2.05, 4.69) is 25.9 Å². The Morgan fingerprint density at radius 1 is 1.12 bits per heavy atom. The molecule has 2 heterocycles. The summed E-state index contributed by atoms with van der Waals surface area (Å²) in [4.78, 5) is 31.0. The quantitative estimate of drug-likeness (QED) is 0.680. The summed E-state index contributed by atoms with van der Waals surface area (Å²) in [5, 5.41) is 10.6. The molecule has 1 aromatic heterocycles. The third-order valence-corrected chi connectivity index (χ3v) is 4.54. The van der Waals surface area contributed by atoms with Crippen molar-refractivity contribution in [2.24, 2.45) is 4.99 Å². The van der Waals surface area contributed by atoms with Crippen molar-refractivity contribution in [2.45, 2.75) is 0 Å². The second kappa shape index (κ2) is 6.27. The van der Waals surface area contributed by atoms with E-state index in [9.17, 15) is 14.7 Å². The van der Waals surface area contributed by atoms with E-state index in [1.165, 1.54) is 6.08 Å². The maximum atomic E-state index is 12.3. The molecule has 7 heteroatoms. The lowest BCUT2D eigenvalue weighted by molar-refractivity contribution is 0.429. The van der Waals surface area contributed by atoms with Crippen LogP contribution in [0.3, 0.4) is 0 Å². The first-order valence-electron chi connectivity index (χ1n) is 7.74. The van der Waals surface area contributed by atoms with Crippen molar-refractivity contribution in [3.8, 4) is 11.6 Å². The van der Waals surface area contributed by atoms with E-state index in [1.54, 1.807) is 36.5 Å². The number of hydrogen-bond donors (Lipinski definition) is 2. The number of aromatic nitrogens is 2. The smallest absolute Gasteiger partial charge is 0.335 e. The predicted molar refractivity (Wildman–Crippen MR) is 104 cm³/mol. The minimum absolute atomic E-state index is 0.0114. The molecule has 6 nitrogen and oxygen atoms in total. The molecule has 0 radical (unpaired) electrons. The monoisotopic (exact) mass is 409 g/mol. The molecule has 26 heavy (non-hydrogen) atoms. The topological polar surface area (TPSA) is 87.5 Å². The second-order valence-corrected chi connectivity index (χ2v) is 6.60. The van der Waals surface area contributed by atoms with Crippen LogP contribution in [0, 0.1) is 0 Å². The summed E-state index contributed by atoms with van der Waals surface area (Å²) < 4.78 is 1.93. The Bertz CT molecular complexity index is 1190. The van der Waals surface area contributed by atoms with E-state index in [1.807, 2.05) is 18.2 Å². The standard InChI is InChI=1S/C19H12BrN3O3/c20-12-6-7-16-14(9-12)11(10-21-16)8-15-17(24)22-19(26)23(18(15)25)13-4-2-1-3-5-13/h1-10,25H,(H,22,24,26). The average molecular weight is 410 g/mol. The fourth-order valence-corrected chi connectivity index (χ4v) is 3.18. The third kappa shape index (κ3) is 2.72. The Kier molecular flexibility index (Phi) is 3.93. The van der Waals surface area contributed by atoms with E-state index < -0.39 is 17.1 Å². The second-order valence-electron chi connectivity index (χ2n) is 5.69. The number of halogens is 1. The molecule has 0 bridgehead atoms. The number of aliphatic imine (C=N–C) groups is 1. The van der Waals surface area contributed by atoms with Gasteiger partial charge in [0.15, 0.2) is 0 Å². The fourth-order valence-electron chi connectivity index (χ4n) is 2.82. The van der Waals surface area contributed by atoms with Gasteiger partial charge >= 0.3 is 5.69 Å². The molecule has 2 N–H and O–H groups in total. The van der Waals surface area contributed by atoms with Crippen LogP contribution in [0.1, 0.15) is 11.1 Å². The van der Waals surface area contributed by atoms with Gasteiger partial charge in [-0.1, -0.05) is 34.1 Å². The molecule has 0 amide bonds. The predicted octanol–water partition coefficient (Wildman–Crippen LogP) is 3.25. The van der Waals surface area contributed by atoms with Crippen molar-refractivity contribution >= 4 is 39.5 Å². The molecule has 1 aliphatic rings. The van der Waals surface area contributed by atoms with Crippen molar-refractivity contribution in [1.29, 1.82) is 0 Å². The lowest BCUT2D eigenvalue weighted by Gasteiger charge is -2.10. The van der Waals surface area contributed by atoms with Gasteiger partial charge in [0, 0.05) is 21.8 Å². The Morgan fingerprint density at radius 3 is 2.65 bits per heavy atom.